The summed E-state index contributed by atoms with van der Waals surface area (Å²) in [5, 5.41) is 3.48. The van der Waals surface area contributed by atoms with E-state index in [1.165, 1.54) is 5.57 Å². The number of ether oxygens (including phenoxy) is 1. The first-order valence-corrected chi connectivity index (χ1v) is 7.42. The predicted octanol–water partition coefficient (Wildman–Crippen LogP) is 4.05. The van der Waals surface area contributed by atoms with E-state index in [2.05, 4.69) is 57.1 Å². The molecule has 3 nitrogen and oxygen atoms in total. The van der Waals surface area contributed by atoms with Gasteiger partial charge >= 0.3 is 0 Å². The van der Waals surface area contributed by atoms with Gasteiger partial charge in [-0.3, -0.25) is 4.98 Å². The first-order valence-electron chi connectivity index (χ1n) is 7.42. The molecule has 0 aliphatic carbocycles. The monoisotopic (exact) mass is 276 g/mol. The molecule has 0 radical (unpaired) electrons. The number of nitrogens with one attached hydrogen (secondary N) is 1. The highest BCUT2D eigenvalue weighted by Crippen LogP contribution is 2.19. The van der Waals surface area contributed by atoms with Crippen LogP contribution in [0, 0.1) is 0 Å². The van der Waals surface area contributed by atoms with E-state index >= 15 is 0 Å². The van der Waals surface area contributed by atoms with Gasteiger partial charge in [-0.05, 0) is 64.3 Å². The maximum absolute atomic E-state index is 5.61. The summed E-state index contributed by atoms with van der Waals surface area (Å²) in [7, 11) is 0. The second-order valence-corrected chi connectivity index (χ2v) is 6.11. The van der Waals surface area contributed by atoms with Crippen molar-refractivity contribution in [3.63, 3.8) is 0 Å². The topological polar surface area (TPSA) is 34.1 Å². The van der Waals surface area contributed by atoms with Crippen molar-refractivity contribution < 1.29 is 4.74 Å². The molecule has 0 spiro atoms. The molecule has 0 unspecified atom stereocenters. The molecule has 0 bridgehead atoms. The number of allylic oxidation sites excluding steroid dienone is 1. The number of rotatable bonds is 7. The van der Waals surface area contributed by atoms with Crippen LogP contribution in [0.5, 0.6) is 5.75 Å². The molecule has 0 aliphatic heterocycles. The zero-order chi connectivity index (χ0) is 15.0. The molecule has 0 aliphatic rings. The fourth-order valence-electron chi connectivity index (χ4n) is 1.79. The van der Waals surface area contributed by atoms with Crippen LogP contribution in [0.25, 0.3) is 5.57 Å². The molecule has 112 valence electrons. The molecular weight excluding hydrogens is 248 g/mol. The Morgan fingerprint density at radius 1 is 1.35 bits per heavy atom. The Morgan fingerprint density at radius 3 is 2.75 bits per heavy atom. The number of hydrogen-bond acceptors (Lipinski definition) is 3. The number of hydrogen-bond donors (Lipinski definition) is 1. The van der Waals surface area contributed by atoms with Gasteiger partial charge in [0.05, 0.1) is 12.8 Å². The summed E-state index contributed by atoms with van der Waals surface area (Å²) in [4.78, 5) is 4.24. The van der Waals surface area contributed by atoms with Gasteiger partial charge in [-0.25, -0.2) is 0 Å². The minimum absolute atomic E-state index is 0.178. The third-order valence-corrected chi connectivity index (χ3v) is 2.89. The molecule has 0 saturated carbocycles. The molecule has 0 aromatic carbocycles. The van der Waals surface area contributed by atoms with E-state index in [1.807, 2.05) is 6.20 Å². The molecule has 1 N–H and O–H groups in total. The van der Waals surface area contributed by atoms with Crippen LogP contribution in [-0.4, -0.2) is 23.7 Å². The summed E-state index contributed by atoms with van der Waals surface area (Å²) in [5.74, 6) is 0.852. The molecule has 20 heavy (non-hydrogen) atoms. The van der Waals surface area contributed by atoms with Crippen molar-refractivity contribution in [1.29, 1.82) is 0 Å². The predicted molar refractivity (Wildman–Crippen MR) is 86.0 cm³/mol. The SMILES string of the molecule is CCCOc1cncc(/C(C)=C/CCNC(C)(C)C)c1. The van der Waals surface area contributed by atoms with Crippen LogP contribution >= 0.6 is 0 Å². The first kappa shape index (κ1) is 16.7. The van der Waals surface area contributed by atoms with Crippen LogP contribution in [0.4, 0.5) is 0 Å². The Balaban J connectivity index is 2.55. The first-order chi connectivity index (χ1) is 9.42. The number of aromatic nitrogens is 1. The summed E-state index contributed by atoms with van der Waals surface area (Å²) >= 11 is 0. The lowest BCUT2D eigenvalue weighted by Gasteiger charge is -2.19. The van der Waals surface area contributed by atoms with Crippen molar-refractivity contribution in [3.05, 3.63) is 30.1 Å². The van der Waals surface area contributed by atoms with Gasteiger partial charge in [0.25, 0.3) is 0 Å². The second-order valence-electron chi connectivity index (χ2n) is 6.11. The smallest absolute Gasteiger partial charge is 0.138 e. The van der Waals surface area contributed by atoms with Gasteiger partial charge < -0.3 is 10.1 Å². The lowest BCUT2D eigenvalue weighted by molar-refractivity contribution is 0.316. The highest BCUT2D eigenvalue weighted by molar-refractivity contribution is 5.63. The van der Waals surface area contributed by atoms with E-state index < -0.39 is 0 Å². The fraction of sp³-hybridized carbons (Fsp3) is 0.588. The summed E-state index contributed by atoms with van der Waals surface area (Å²) in [5.41, 5.74) is 2.56. The van der Waals surface area contributed by atoms with Crippen LogP contribution in [0.2, 0.25) is 0 Å². The van der Waals surface area contributed by atoms with E-state index in [0.717, 1.165) is 37.3 Å². The average molecular weight is 276 g/mol. The van der Waals surface area contributed by atoms with Crippen molar-refractivity contribution in [2.75, 3.05) is 13.2 Å². The number of nitrogens with zero attached hydrogens (tertiary/aromatic N) is 1. The molecule has 0 saturated heterocycles. The average Bonchev–Trinajstić information content (AvgIpc) is 2.40. The van der Waals surface area contributed by atoms with Crippen molar-refractivity contribution in [2.45, 2.75) is 53.0 Å². The lowest BCUT2D eigenvalue weighted by atomic mass is 10.1. The van der Waals surface area contributed by atoms with E-state index in [9.17, 15) is 0 Å². The van der Waals surface area contributed by atoms with Crippen molar-refractivity contribution >= 4 is 5.57 Å². The van der Waals surface area contributed by atoms with Gasteiger partial charge in [-0.2, -0.15) is 0 Å². The van der Waals surface area contributed by atoms with E-state index in [1.54, 1.807) is 6.20 Å². The standard InChI is InChI=1S/C17H28N2O/c1-6-10-20-16-11-15(12-18-13-16)14(2)8-7-9-19-17(3,4)5/h8,11-13,19H,6-7,9-10H2,1-5H3/b14-8+. The van der Waals surface area contributed by atoms with Crippen molar-refractivity contribution in [1.82, 2.24) is 10.3 Å². The van der Waals surface area contributed by atoms with Crippen molar-refractivity contribution in [2.24, 2.45) is 0 Å². The highest BCUT2D eigenvalue weighted by Gasteiger charge is 2.06. The molecule has 1 rings (SSSR count). The molecule has 0 atom stereocenters. The Labute approximate surface area is 123 Å². The third-order valence-electron chi connectivity index (χ3n) is 2.89. The van der Waals surface area contributed by atoms with E-state index in [4.69, 9.17) is 4.74 Å². The molecule has 1 aromatic rings. The van der Waals surface area contributed by atoms with Gasteiger partial charge in [-0.15, -0.1) is 0 Å². The largest absolute Gasteiger partial charge is 0.492 e. The second kappa shape index (κ2) is 8.05. The zero-order valence-electron chi connectivity index (χ0n) is 13.5. The highest BCUT2D eigenvalue weighted by atomic mass is 16.5. The van der Waals surface area contributed by atoms with E-state index in [-0.39, 0.29) is 5.54 Å². The minimum atomic E-state index is 0.178. The fourth-order valence-corrected chi connectivity index (χ4v) is 1.79. The van der Waals surface area contributed by atoms with Crippen LogP contribution in [0.1, 0.15) is 53.0 Å². The van der Waals surface area contributed by atoms with Gasteiger partial charge in [0, 0.05) is 11.7 Å². The van der Waals surface area contributed by atoms with Crippen LogP contribution in [0.15, 0.2) is 24.5 Å². The van der Waals surface area contributed by atoms with Gasteiger partial charge in [0.1, 0.15) is 5.75 Å². The Kier molecular flexibility index (Phi) is 6.73. The summed E-state index contributed by atoms with van der Waals surface area (Å²) in [6.45, 7) is 12.5. The lowest BCUT2D eigenvalue weighted by Crippen LogP contribution is -2.36. The Hall–Kier alpha value is -1.35. The van der Waals surface area contributed by atoms with Crippen molar-refractivity contribution in [3.8, 4) is 5.75 Å². The van der Waals surface area contributed by atoms with Gasteiger partial charge in [0.15, 0.2) is 0 Å². The quantitative estimate of drug-likeness (QED) is 0.763. The van der Waals surface area contributed by atoms with Gasteiger partial charge in [0.2, 0.25) is 0 Å². The molecule has 1 heterocycles. The molecule has 0 amide bonds. The Morgan fingerprint density at radius 2 is 2.10 bits per heavy atom. The van der Waals surface area contributed by atoms with Crippen LogP contribution in [-0.2, 0) is 0 Å². The molecule has 1 aromatic heterocycles. The van der Waals surface area contributed by atoms with Crippen LogP contribution in [0.3, 0.4) is 0 Å². The number of pyridine rings is 1. The summed E-state index contributed by atoms with van der Waals surface area (Å²) < 4.78 is 5.61. The van der Waals surface area contributed by atoms with E-state index in [0.29, 0.717) is 0 Å². The zero-order valence-corrected chi connectivity index (χ0v) is 13.5. The Bertz CT molecular complexity index is 433. The molecule has 0 fully saturated rings. The van der Waals surface area contributed by atoms with Crippen LogP contribution < -0.4 is 10.1 Å². The maximum atomic E-state index is 5.61. The third kappa shape index (κ3) is 6.71. The van der Waals surface area contributed by atoms with Gasteiger partial charge in [-0.1, -0.05) is 13.0 Å². The normalized spacial score (nSPS) is 12.6. The summed E-state index contributed by atoms with van der Waals surface area (Å²) in [6, 6.07) is 2.06. The molecular formula is C17H28N2O. The summed E-state index contributed by atoms with van der Waals surface area (Å²) in [6.07, 6.45) is 7.94. The molecule has 3 heteroatoms. The maximum Gasteiger partial charge on any atom is 0.138 e. The minimum Gasteiger partial charge on any atom is -0.492 e.